The molecule has 8 heteroatoms. The highest BCUT2D eigenvalue weighted by Crippen LogP contribution is 2.24. The maximum absolute atomic E-state index is 12.9. The van der Waals surface area contributed by atoms with Gasteiger partial charge in [-0.3, -0.25) is 19.1 Å². The fourth-order valence-corrected chi connectivity index (χ4v) is 4.74. The number of nitrogens with zero attached hydrogens (tertiary/aromatic N) is 2. The highest BCUT2D eigenvalue weighted by atomic mass is 32.2. The van der Waals surface area contributed by atoms with Gasteiger partial charge in [0.15, 0.2) is 0 Å². The minimum Gasteiger partial charge on any atom is -0.349 e. The van der Waals surface area contributed by atoms with Crippen molar-refractivity contribution in [3.8, 4) is 5.69 Å². The smallest absolute Gasteiger partial charge is 0.295 e. The number of anilines is 1. The lowest BCUT2D eigenvalue weighted by atomic mass is 10.00. The van der Waals surface area contributed by atoms with Gasteiger partial charge >= 0.3 is 0 Å². The molecule has 0 saturated carbocycles. The standard InChI is InChI=1S/C27H28N4O3S/c1-18(22-15-9-11-20-10-7-8-14-23(20)22)28-24(32)16-35-17-25(33)29-26-19(2)30(3)31(27(26)34)21-12-5-4-6-13-21/h4-15,18H,16-17H2,1-3H3,(H,28,32)(H,29,33). The van der Waals surface area contributed by atoms with Crippen LogP contribution in [0.1, 0.15) is 24.2 Å². The second kappa shape index (κ2) is 10.7. The minimum absolute atomic E-state index is 0.0647. The lowest BCUT2D eigenvalue weighted by Gasteiger charge is -2.16. The van der Waals surface area contributed by atoms with E-state index in [9.17, 15) is 14.4 Å². The Kier molecular flexibility index (Phi) is 7.41. The molecule has 180 valence electrons. The molecule has 0 fully saturated rings. The van der Waals surface area contributed by atoms with Crippen molar-refractivity contribution in [2.45, 2.75) is 19.9 Å². The summed E-state index contributed by atoms with van der Waals surface area (Å²) in [5.41, 5.74) is 2.37. The Balaban J connectivity index is 1.33. The lowest BCUT2D eigenvalue weighted by molar-refractivity contribution is -0.119. The number of benzene rings is 3. The summed E-state index contributed by atoms with van der Waals surface area (Å²) >= 11 is 1.21. The van der Waals surface area contributed by atoms with E-state index in [1.54, 1.807) is 18.7 Å². The molecular weight excluding hydrogens is 460 g/mol. The Hall–Kier alpha value is -3.78. The maximum atomic E-state index is 12.9. The van der Waals surface area contributed by atoms with E-state index >= 15 is 0 Å². The van der Waals surface area contributed by atoms with Crippen LogP contribution in [-0.4, -0.2) is 32.7 Å². The minimum atomic E-state index is -0.323. The number of hydrogen-bond acceptors (Lipinski definition) is 4. The monoisotopic (exact) mass is 488 g/mol. The Labute approximate surface area is 208 Å². The normalized spacial score (nSPS) is 11.9. The quantitative estimate of drug-likeness (QED) is 0.390. The summed E-state index contributed by atoms with van der Waals surface area (Å²) in [4.78, 5) is 38.0. The average molecular weight is 489 g/mol. The third kappa shape index (κ3) is 5.33. The largest absolute Gasteiger partial charge is 0.349 e. The van der Waals surface area contributed by atoms with Crippen molar-refractivity contribution in [2.75, 3.05) is 16.8 Å². The Bertz CT molecular complexity index is 1420. The van der Waals surface area contributed by atoms with Gasteiger partial charge in [0.2, 0.25) is 11.8 Å². The van der Waals surface area contributed by atoms with Crippen LogP contribution in [0.25, 0.3) is 16.5 Å². The number of thioether (sulfide) groups is 1. The lowest BCUT2D eigenvalue weighted by Crippen LogP contribution is -2.29. The van der Waals surface area contributed by atoms with Crippen LogP contribution in [0.4, 0.5) is 5.69 Å². The average Bonchev–Trinajstić information content (AvgIpc) is 3.07. The number of carbonyl (C=O) groups is 2. The number of hydrogen-bond donors (Lipinski definition) is 2. The van der Waals surface area contributed by atoms with E-state index < -0.39 is 0 Å². The maximum Gasteiger partial charge on any atom is 0.295 e. The number of rotatable bonds is 8. The molecule has 4 rings (SSSR count). The number of nitrogens with one attached hydrogen (secondary N) is 2. The molecule has 4 aromatic rings. The molecule has 7 nitrogen and oxygen atoms in total. The Morgan fingerprint density at radius 2 is 1.57 bits per heavy atom. The second-order valence-corrected chi connectivity index (χ2v) is 9.32. The van der Waals surface area contributed by atoms with Gasteiger partial charge in [0.05, 0.1) is 28.9 Å². The third-order valence-electron chi connectivity index (χ3n) is 5.95. The highest BCUT2D eigenvalue weighted by Gasteiger charge is 2.18. The molecule has 2 N–H and O–H groups in total. The first-order valence-electron chi connectivity index (χ1n) is 11.4. The van der Waals surface area contributed by atoms with E-state index in [4.69, 9.17) is 0 Å². The molecule has 0 aliphatic heterocycles. The molecule has 0 aliphatic rings. The SMILES string of the molecule is Cc1c(NC(=O)CSCC(=O)NC(C)c2cccc3ccccc23)c(=O)n(-c2ccccc2)n1C. The van der Waals surface area contributed by atoms with Crippen molar-refractivity contribution >= 4 is 40.0 Å². The summed E-state index contributed by atoms with van der Waals surface area (Å²) in [6.45, 7) is 3.73. The summed E-state index contributed by atoms with van der Waals surface area (Å²) in [6.07, 6.45) is 0. The topological polar surface area (TPSA) is 85.1 Å². The Morgan fingerprint density at radius 3 is 2.34 bits per heavy atom. The van der Waals surface area contributed by atoms with E-state index in [1.807, 2.05) is 79.7 Å². The first kappa shape index (κ1) is 24.3. The summed E-state index contributed by atoms with van der Waals surface area (Å²) in [6, 6.07) is 23.2. The Morgan fingerprint density at radius 1 is 0.914 bits per heavy atom. The van der Waals surface area contributed by atoms with E-state index in [0.29, 0.717) is 5.69 Å². The van der Waals surface area contributed by atoms with Crippen LogP contribution in [-0.2, 0) is 16.6 Å². The molecule has 0 spiro atoms. The van der Waals surface area contributed by atoms with Crippen molar-refractivity contribution in [3.05, 3.63) is 94.4 Å². The summed E-state index contributed by atoms with van der Waals surface area (Å²) in [5, 5.41) is 7.97. The predicted octanol–water partition coefficient (Wildman–Crippen LogP) is 4.19. The zero-order chi connectivity index (χ0) is 24.9. The number of aromatic nitrogens is 2. The molecule has 0 saturated heterocycles. The summed E-state index contributed by atoms with van der Waals surface area (Å²) in [5.74, 6) is -0.263. The van der Waals surface area contributed by atoms with Crippen molar-refractivity contribution in [2.24, 2.45) is 7.05 Å². The van der Waals surface area contributed by atoms with Crippen molar-refractivity contribution < 1.29 is 9.59 Å². The predicted molar refractivity (Wildman–Crippen MR) is 142 cm³/mol. The summed E-state index contributed by atoms with van der Waals surface area (Å²) in [7, 11) is 1.77. The summed E-state index contributed by atoms with van der Waals surface area (Å²) < 4.78 is 3.22. The van der Waals surface area contributed by atoms with E-state index in [0.717, 1.165) is 22.0 Å². The second-order valence-electron chi connectivity index (χ2n) is 8.34. The molecule has 1 aromatic heterocycles. The van der Waals surface area contributed by atoms with Gasteiger partial charge in [-0.15, -0.1) is 11.8 Å². The van der Waals surface area contributed by atoms with E-state index in [2.05, 4.69) is 10.6 Å². The van der Waals surface area contributed by atoms with Crippen LogP contribution in [0.5, 0.6) is 0 Å². The van der Waals surface area contributed by atoms with Crippen molar-refractivity contribution in [1.29, 1.82) is 0 Å². The third-order valence-corrected chi connectivity index (χ3v) is 6.88. The van der Waals surface area contributed by atoms with E-state index in [-0.39, 0.29) is 40.6 Å². The number of para-hydroxylation sites is 1. The van der Waals surface area contributed by atoms with Gasteiger partial charge in [0.25, 0.3) is 5.56 Å². The fourth-order valence-electron chi connectivity index (χ4n) is 4.11. The molecular formula is C27H28N4O3S. The number of fused-ring (bicyclic) bond motifs is 1. The van der Waals surface area contributed by atoms with Gasteiger partial charge in [-0.05, 0) is 42.3 Å². The van der Waals surface area contributed by atoms with Crippen LogP contribution < -0.4 is 16.2 Å². The van der Waals surface area contributed by atoms with Crippen LogP contribution in [0.2, 0.25) is 0 Å². The molecule has 0 bridgehead atoms. The molecule has 2 amide bonds. The molecule has 0 aliphatic carbocycles. The van der Waals surface area contributed by atoms with Gasteiger partial charge in [-0.25, -0.2) is 4.68 Å². The van der Waals surface area contributed by atoms with Crippen molar-refractivity contribution in [1.82, 2.24) is 14.7 Å². The highest BCUT2D eigenvalue weighted by molar-refractivity contribution is 8.00. The zero-order valence-electron chi connectivity index (χ0n) is 19.9. The van der Waals surface area contributed by atoms with Gasteiger partial charge < -0.3 is 10.6 Å². The molecule has 1 unspecified atom stereocenters. The zero-order valence-corrected chi connectivity index (χ0v) is 20.8. The molecule has 0 radical (unpaired) electrons. The van der Waals surface area contributed by atoms with Crippen LogP contribution in [0.3, 0.4) is 0 Å². The van der Waals surface area contributed by atoms with Crippen LogP contribution in [0, 0.1) is 6.92 Å². The number of carbonyl (C=O) groups excluding carboxylic acids is 2. The first-order chi connectivity index (χ1) is 16.9. The van der Waals surface area contributed by atoms with Gasteiger partial charge in [-0.1, -0.05) is 60.7 Å². The van der Waals surface area contributed by atoms with Crippen LogP contribution in [0.15, 0.2) is 77.6 Å². The molecule has 1 atom stereocenters. The molecule has 35 heavy (non-hydrogen) atoms. The van der Waals surface area contributed by atoms with Gasteiger partial charge in [-0.2, -0.15) is 0 Å². The fraction of sp³-hybridized carbons (Fsp3) is 0.222. The van der Waals surface area contributed by atoms with Gasteiger partial charge in [0, 0.05) is 7.05 Å². The van der Waals surface area contributed by atoms with Crippen LogP contribution >= 0.6 is 11.8 Å². The molecule has 3 aromatic carbocycles. The number of amides is 2. The van der Waals surface area contributed by atoms with Gasteiger partial charge in [0.1, 0.15) is 5.69 Å². The molecule has 1 heterocycles. The van der Waals surface area contributed by atoms with Crippen molar-refractivity contribution in [3.63, 3.8) is 0 Å². The van der Waals surface area contributed by atoms with E-state index in [1.165, 1.54) is 16.4 Å². The first-order valence-corrected chi connectivity index (χ1v) is 12.5.